The Hall–Kier alpha value is -6.64. The lowest BCUT2D eigenvalue weighted by molar-refractivity contribution is 0.669. The van der Waals surface area contributed by atoms with Gasteiger partial charge in [-0.15, -0.1) is 0 Å². The molecular formula is C48H31NO. The smallest absolute Gasteiger partial charge is 0.136 e. The Morgan fingerprint density at radius 1 is 0.320 bits per heavy atom. The van der Waals surface area contributed by atoms with Gasteiger partial charge in [0.05, 0.1) is 11.4 Å². The van der Waals surface area contributed by atoms with Gasteiger partial charge in [0.25, 0.3) is 0 Å². The first-order chi connectivity index (χ1) is 24.8. The first-order valence-electron chi connectivity index (χ1n) is 17.1. The zero-order valence-electron chi connectivity index (χ0n) is 27.3. The Balaban J connectivity index is 1.14. The molecule has 10 aromatic rings. The molecule has 234 valence electrons. The van der Waals surface area contributed by atoms with Crippen LogP contribution in [0.15, 0.2) is 192 Å². The number of furan rings is 1. The Kier molecular flexibility index (Phi) is 6.53. The van der Waals surface area contributed by atoms with Gasteiger partial charge in [0, 0.05) is 27.4 Å². The van der Waals surface area contributed by atoms with Crippen LogP contribution in [-0.4, -0.2) is 0 Å². The molecule has 50 heavy (non-hydrogen) atoms. The van der Waals surface area contributed by atoms with Crippen molar-refractivity contribution in [3.05, 3.63) is 188 Å². The minimum atomic E-state index is 0.918. The van der Waals surface area contributed by atoms with Crippen LogP contribution in [0.3, 0.4) is 0 Å². The van der Waals surface area contributed by atoms with Gasteiger partial charge in [0.15, 0.2) is 0 Å². The molecule has 10 rings (SSSR count). The summed E-state index contributed by atoms with van der Waals surface area (Å²) in [6.07, 6.45) is 0. The Morgan fingerprint density at radius 3 is 1.86 bits per heavy atom. The van der Waals surface area contributed by atoms with Crippen LogP contribution in [0, 0.1) is 0 Å². The number of benzene rings is 9. The predicted molar refractivity (Wildman–Crippen MR) is 212 cm³/mol. The minimum absolute atomic E-state index is 0.918. The number of fused-ring (bicyclic) bond motifs is 7. The maximum atomic E-state index is 6.23. The number of hydrogen-bond donors (Lipinski definition) is 0. The lowest BCUT2D eigenvalue weighted by Gasteiger charge is -2.29. The highest BCUT2D eigenvalue weighted by molar-refractivity contribution is 6.15. The van der Waals surface area contributed by atoms with Crippen LogP contribution in [0.25, 0.3) is 76.5 Å². The molecule has 0 spiro atoms. The molecule has 0 unspecified atom stereocenters. The van der Waals surface area contributed by atoms with Crippen LogP contribution in [0.5, 0.6) is 0 Å². The fourth-order valence-electron chi connectivity index (χ4n) is 7.61. The normalized spacial score (nSPS) is 11.6. The van der Waals surface area contributed by atoms with Crippen molar-refractivity contribution in [3.8, 4) is 22.3 Å². The van der Waals surface area contributed by atoms with Crippen molar-refractivity contribution in [2.45, 2.75) is 0 Å². The monoisotopic (exact) mass is 637 g/mol. The molecule has 9 aromatic carbocycles. The van der Waals surface area contributed by atoms with Gasteiger partial charge in [-0.25, -0.2) is 0 Å². The molecule has 0 N–H and O–H groups in total. The standard InChI is InChI=1S/C48H31NO/c1-2-12-33(13-3-1)40-16-8-10-20-45(40)49(46-30-36-14-4-5-15-39(36)41-17-6-7-18-42(41)46)38-26-24-32(25-27-38)34-22-23-35-29-44-43-19-9-11-21-47(43)50-48(44)31-37(35)28-34/h1-31H. The van der Waals surface area contributed by atoms with Crippen molar-refractivity contribution >= 4 is 71.3 Å². The van der Waals surface area contributed by atoms with Gasteiger partial charge in [-0.05, 0) is 92.2 Å². The fraction of sp³-hybridized carbons (Fsp3) is 0. The number of nitrogens with zero attached hydrogens (tertiary/aromatic N) is 1. The summed E-state index contributed by atoms with van der Waals surface area (Å²) in [7, 11) is 0. The molecular weight excluding hydrogens is 607 g/mol. The van der Waals surface area contributed by atoms with Gasteiger partial charge in [-0.1, -0.05) is 140 Å². The molecule has 0 bridgehead atoms. The zero-order valence-corrected chi connectivity index (χ0v) is 27.3. The second kappa shape index (κ2) is 11.5. The predicted octanol–water partition coefficient (Wildman–Crippen LogP) is 13.8. The SMILES string of the molecule is c1ccc(-c2ccccc2N(c2ccc(-c3ccc4cc5c(cc4c3)oc3ccccc35)cc2)c2cc3ccccc3c3ccccc23)cc1. The highest BCUT2D eigenvalue weighted by Crippen LogP contribution is 2.45. The average molecular weight is 638 g/mol. The maximum absolute atomic E-state index is 6.23. The Labute approximate surface area is 290 Å². The van der Waals surface area contributed by atoms with E-state index in [9.17, 15) is 0 Å². The third-order valence-electron chi connectivity index (χ3n) is 10.0. The maximum Gasteiger partial charge on any atom is 0.136 e. The van der Waals surface area contributed by atoms with Crippen molar-refractivity contribution in [3.63, 3.8) is 0 Å². The van der Waals surface area contributed by atoms with Crippen molar-refractivity contribution in [2.75, 3.05) is 4.90 Å². The van der Waals surface area contributed by atoms with Crippen molar-refractivity contribution < 1.29 is 4.42 Å². The zero-order chi connectivity index (χ0) is 33.0. The number of rotatable bonds is 5. The van der Waals surface area contributed by atoms with Crippen LogP contribution >= 0.6 is 0 Å². The van der Waals surface area contributed by atoms with Crippen LogP contribution < -0.4 is 4.90 Å². The molecule has 0 fully saturated rings. The van der Waals surface area contributed by atoms with Crippen molar-refractivity contribution in [2.24, 2.45) is 0 Å². The highest BCUT2D eigenvalue weighted by atomic mass is 16.3. The second-order valence-electron chi connectivity index (χ2n) is 12.9. The first-order valence-corrected chi connectivity index (χ1v) is 17.1. The van der Waals surface area contributed by atoms with E-state index >= 15 is 0 Å². The van der Waals surface area contributed by atoms with Crippen LogP contribution in [-0.2, 0) is 0 Å². The van der Waals surface area contributed by atoms with Gasteiger partial charge in [0.1, 0.15) is 11.2 Å². The van der Waals surface area contributed by atoms with Gasteiger partial charge in [0.2, 0.25) is 0 Å². The number of hydrogen-bond acceptors (Lipinski definition) is 2. The molecule has 0 saturated carbocycles. The third-order valence-corrected chi connectivity index (χ3v) is 10.0. The molecule has 0 amide bonds. The third kappa shape index (κ3) is 4.65. The molecule has 2 nitrogen and oxygen atoms in total. The second-order valence-corrected chi connectivity index (χ2v) is 12.9. The van der Waals surface area contributed by atoms with Gasteiger partial charge >= 0.3 is 0 Å². The van der Waals surface area contributed by atoms with Crippen LogP contribution in [0.4, 0.5) is 17.1 Å². The van der Waals surface area contributed by atoms with E-state index < -0.39 is 0 Å². The lowest BCUT2D eigenvalue weighted by Crippen LogP contribution is -2.12. The Bertz CT molecular complexity index is 2870. The summed E-state index contributed by atoms with van der Waals surface area (Å²) in [5.74, 6) is 0. The molecule has 2 heteroatoms. The molecule has 0 aliphatic carbocycles. The summed E-state index contributed by atoms with van der Waals surface area (Å²) in [6.45, 7) is 0. The van der Waals surface area contributed by atoms with E-state index in [0.717, 1.165) is 39.0 Å². The molecule has 1 aromatic heterocycles. The van der Waals surface area contributed by atoms with Crippen LogP contribution in [0.2, 0.25) is 0 Å². The van der Waals surface area contributed by atoms with Crippen LogP contribution in [0.1, 0.15) is 0 Å². The molecule has 0 aliphatic rings. The first kappa shape index (κ1) is 28.4. The van der Waals surface area contributed by atoms with E-state index in [0.29, 0.717) is 0 Å². The molecule has 0 atom stereocenters. The number of para-hydroxylation sites is 2. The molecule has 0 radical (unpaired) electrons. The quantitative estimate of drug-likeness (QED) is 0.175. The highest BCUT2D eigenvalue weighted by Gasteiger charge is 2.20. The van der Waals surface area contributed by atoms with E-state index in [-0.39, 0.29) is 0 Å². The molecule has 0 aliphatic heterocycles. The summed E-state index contributed by atoms with van der Waals surface area (Å²) in [6, 6.07) is 67.6. The topological polar surface area (TPSA) is 16.4 Å². The summed E-state index contributed by atoms with van der Waals surface area (Å²) >= 11 is 0. The fourth-order valence-corrected chi connectivity index (χ4v) is 7.61. The summed E-state index contributed by atoms with van der Waals surface area (Å²) in [5, 5.41) is 9.61. The van der Waals surface area contributed by atoms with Crippen molar-refractivity contribution in [1.82, 2.24) is 0 Å². The Morgan fingerprint density at radius 2 is 1.00 bits per heavy atom. The number of anilines is 3. The van der Waals surface area contributed by atoms with Gasteiger partial charge < -0.3 is 9.32 Å². The lowest BCUT2D eigenvalue weighted by atomic mass is 9.97. The van der Waals surface area contributed by atoms with Gasteiger partial charge in [-0.3, -0.25) is 0 Å². The van der Waals surface area contributed by atoms with Crippen molar-refractivity contribution in [1.29, 1.82) is 0 Å². The summed E-state index contributed by atoms with van der Waals surface area (Å²) in [4.78, 5) is 2.43. The van der Waals surface area contributed by atoms with E-state index in [1.807, 2.05) is 12.1 Å². The molecule has 0 saturated heterocycles. The van der Waals surface area contributed by atoms with E-state index in [2.05, 4.69) is 181 Å². The van der Waals surface area contributed by atoms with Gasteiger partial charge in [-0.2, -0.15) is 0 Å². The van der Waals surface area contributed by atoms with E-state index in [4.69, 9.17) is 4.42 Å². The van der Waals surface area contributed by atoms with E-state index in [1.54, 1.807) is 0 Å². The minimum Gasteiger partial charge on any atom is -0.456 e. The molecule has 1 heterocycles. The largest absolute Gasteiger partial charge is 0.456 e. The summed E-state index contributed by atoms with van der Waals surface area (Å²) < 4.78 is 6.23. The average Bonchev–Trinajstić information content (AvgIpc) is 3.55. The summed E-state index contributed by atoms with van der Waals surface area (Å²) in [5.41, 5.74) is 9.93. The van der Waals surface area contributed by atoms with E-state index in [1.165, 1.54) is 54.6 Å².